The van der Waals surface area contributed by atoms with Gasteiger partial charge >= 0.3 is 6.18 Å². The predicted molar refractivity (Wildman–Crippen MR) is 63.1 cm³/mol. The number of alkyl halides is 3. The first-order chi connectivity index (χ1) is 8.79. The SMILES string of the molecule is CCC(N)C(=O)Nc1ccc(C#N)c(C(F)(F)F)c1. The second-order valence-corrected chi connectivity index (χ2v) is 3.87. The zero-order valence-corrected chi connectivity index (χ0v) is 10.1. The Morgan fingerprint density at radius 3 is 2.63 bits per heavy atom. The minimum atomic E-state index is -4.65. The topological polar surface area (TPSA) is 78.9 Å². The smallest absolute Gasteiger partial charge is 0.325 e. The van der Waals surface area contributed by atoms with Gasteiger partial charge in [0, 0.05) is 5.69 Å². The van der Waals surface area contributed by atoms with Crippen LogP contribution < -0.4 is 11.1 Å². The summed E-state index contributed by atoms with van der Waals surface area (Å²) in [7, 11) is 0. The van der Waals surface area contributed by atoms with Gasteiger partial charge in [0.15, 0.2) is 0 Å². The molecule has 0 heterocycles. The quantitative estimate of drug-likeness (QED) is 0.885. The molecule has 4 nitrogen and oxygen atoms in total. The highest BCUT2D eigenvalue weighted by Gasteiger charge is 2.34. The number of hydrogen-bond donors (Lipinski definition) is 2. The van der Waals surface area contributed by atoms with E-state index in [2.05, 4.69) is 5.32 Å². The lowest BCUT2D eigenvalue weighted by atomic mass is 10.1. The number of nitriles is 1. The third-order valence-corrected chi connectivity index (χ3v) is 2.49. The molecule has 7 heteroatoms. The molecule has 1 unspecified atom stereocenters. The average Bonchev–Trinajstić information content (AvgIpc) is 2.36. The number of nitrogens with zero attached hydrogens (tertiary/aromatic N) is 1. The molecule has 3 N–H and O–H groups in total. The third kappa shape index (κ3) is 3.69. The molecule has 0 saturated carbocycles. The average molecular weight is 271 g/mol. The van der Waals surface area contributed by atoms with E-state index in [0.717, 1.165) is 12.1 Å². The fraction of sp³-hybridized carbons (Fsp3) is 0.333. The molecule has 0 aliphatic rings. The molecule has 0 spiro atoms. The zero-order chi connectivity index (χ0) is 14.6. The zero-order valence-electron chi connectivity index (χ0n) is 10.1. The van der Waals surface area contributed by atoms with Gasteiger partial charge in [0.05, 0.1) is 23.2 Å². The van der Waals surface area contributed by atoms with Gasteiger partial charge in [-0.15, -0.1) is 0 Å². The van der Waals surface area contributed by atoms with Crippen LogP contribution in [0.3, 0.4) is 0 Å². The van der Waals surface area contributed by atoms with Gasteiger partial charge in [-0.2, -0.15) is 18.4 Å². The van der Waals surface area contributed by atoms with E-state index in [9.17, 15) is 18.0 Å². The molecule has 1 amide bonds. The molecule has 1 atom stereocenters. The molecule has 19 heavy (non-hydrogen) atoms. The van der Waals surface area contributed by atoms with Crippen molar-refractivity contribution in [2.45, 2.75) is 25.6 Å². The highest BCUT2D eigenvalue weighted by Crippen LogP contribution is 2.33. The van der Waals surface area contributed by atoms with E-state index in [-0.39, 0.29) is 5.69 Å². The molecule has 1 aromatic carbocycles. The van der Waals surface area contributed by atoms with Gasteiger partial charge in [-0.05, 0) is 24.6 Å². The first kappa shape index (κ1) is 15.0. The van der Waals surface area contributed by atoms with E-state index in [1.54, 1.807) is 6.92 Å². The Labute approximate surface area is 108 Å². The van der Waals surface area contributed by atoms with E-state index < -0.39 is 29.3 Å². The summed E-state index contributed by atoms with van der Waals surface area (Å²) in [6.45, 7) is 1.68. The van der Waals surface area contributed by atoms with Crippen LogP contribution in [-0.2, 0) is 11.0 Å². The molecular formula is C12H12F3N3O. The number of carbonyl (C=O) groups is 1. The van der Waals surface area contributed by atoms with Crippen molar-refractivity contribution >= 4 is 11.6 Å². The van der Waals surface area contributed by atoms with Crippen molar-refractivity contribution in [1.82, 2.24) is 0 Å². The standard InChI is InChI=1S/C12H12F3N3O/c1-2-10(17)11(19)18-8-4-3-7(6-16)9(5-8)12(13,14)15/h3-5,10H,2,17H2,1H3,(H,18,19). The van der Waals surface area contributed by atoms with Gasteiger partial charge in [-0.1, -0.05) is 6.92 Å². The molecule has 0 fully saturated rings. The maximum absolute atomic E-state index is 12.7. The van der Waals surface area contributed by atoms with Crippen LogP contribution in [0.15, 0.2) is 18.2 Å². The lowest BCUT2D eigenvalue weighted by Gasteiger charge is -2.13. The predicted octanol–water partition coefficient (Wildman–Crippen LogP) is 2.25. The second-order valence-electron chi connectivity index (χ2n) is 3.87. The van der Waals surface area contributed by atoms with Crippen LogP contribution in [0, 0.1) is 11.3 Å². The largest absolute Gasteiger partial charge is 0.417 e. The summed E-state index contributed by atoms with van der Waals surface area (Å²) in [6.07, 6.45) is -4.28. The van der Waals surface area contributed by atoms with Gasteiger partial charge < -0.3 is 11.1 Å². The van der Waals surface area contributed by atoms with Crippen molar-refractivity contribution < 1.29 is 18.0 Å². The Kier molecular flexibility index (Phi) is 4.51. The number of rotatable bonds is 3. The lowest BCUT2D eigenvalue weighted by molar-refractivity contribution is -0.137. The molecule has 0 aliphatic heterocycles. The number of anilines is 1. The molecule has 0 saturated heterocycles. The Morgan fingerprint density at radius 2 is 2.16 bits per heavy atom. The van der Waals surface area contributed by atoms with Crippen molar-refractivity contribution in [3.63, 3.8) is 0 Å². The van der Waals surface area contributed by atoms with Gasteiger partial charge in [-0.3, -0.25) is 4.79 Å². The molecule has 1 rings (SSSR count). The first-order valence-corrected chi connectivity index (χ1v) is 5.47. The van der Waals surface area contributed by atoms with Crippen molar-refractivity contribution in [1.29, 1.82) is 5.26 Å². The third-order valence-electron chi connectivity index (χ3n) is 2.49. The molecule has 1 aromatic rings. The second kappa shape index (κ2) is 5.71. The van der Waals surface area contributed by atoms with Crippen LogP contribution in [0.4, 0.5) is 18.9 Å². The Hall–Kier alpha value is -2.07. The summed E-state index contributed by atoms with van der Waals surface area (Å²) in [4.78, 5) is 11.5. The van der Waals surface area contributed by atoms with Crippen LogP contribution in [0.5, 0.6) is 0 Å². The van der Waals surface area contributed by atoms with E-state index in [1.165, 1.54) is 12.1 Å². The highest BCUT2D eigenvalue weighted by molar-refractivity contribution is 5.94. The number of halogens is 3. The van der Waals surface area contributed by atoms with Crippen molar-refractivity contribution in [2.75, 3.05) is 5.32 Å². The fourth-order valence-electron chi connectivity index (χ4n) is 1.37. The molecule has 0 bridgehead atoms. The summed E-state index contributed by atoms with van der Waals surface area (Å²) in [5.74, 6) is -0.569. The monoisotopic (exact) mass is 271 g/mol. The van der Waals surface area contributed by atoms with Crippen LogP contribution >= 0.6 is 0 Å². The number of carbonyl (C=O) groups excluding carboxylic acids is 1. The van der Waals surface area contributed by atoms with E-state index in [4.69, 9.17) is 11.0 Å². The fourth-order valence-corrected chi connectivity index (χ4v) is 1.37. The Bertz CT molecular complexity index is 520. The minimum absolute atomic E-state index is 0.0415. The Morgan fingerprint density at radius 1 is 1.53 bits per heavy atom. The van der Waals surface area contributed by atoms with Crippen LogP contribution in [0.1, 0.15) is 24.5 Å². The summed E-state index contributed by atoms with van der Waals surface area (Å²) < 4.78 is 38.1. The van der Waals surface area contributed by atoms with Crippen LogP contribution in [0.2, 0.25) is 0 Å². The van der Waals surface area contributed by atoms with Gasteiger partial charge in [0.2, 0.25) is 5.91 Å². The normalized spacial score (nSPS) is 12.6. The minimum Gasteiger partial charge on any atom is -0.325 e. The highest BCUT2D eigenvalue weighted by atomic mass is 19.4. The van der Waals surface area contributed by atoms with Crippen LogP contribution in [0.25, 0.3) is 0 Å². The maximum Gasteiger partial charge on any atom is 0.417 e. The van der Waals surface area contributed by atoms with Crippen molar-refractivity contribution in [2.24, 2.45) is 5.73 Å². The van der Waals surface area contributed by atoms with Crippen molar-refractivity contribution in [3.8, 4) is 6.07 Å². The molecule has 102 valence electrons. The number of nitrogens with two attached hydrogens (primary N) is 1. The molecule has 0 radical (unpaired) electrons. The molecule has 0 aliphatic carbocycles. The first-order valence-electron chi connectivity index (χ1n) is 5.47. The van der Waals surface area contributed by atoms with Gasteiger partial charge in [-0.25, -0.2) is 0 Å². The molecule has 0 aromatic heterocycles. The maximum atomic E-state index is 12.7. The number of nitrogens with one attached hydrogen (secondary N) is 1. The lowest BCUT2D eigenvalue weighted by Crippen LogP contribution is -2.34. The number of hydrogen-bond acceptors (Lipinski definition) is 3. The van der Waals surface area contributed by atoms with Crippen LogP contribution in [-0.4, -0.2) is 11.9 Å². The van der Waals surface area contributed by atoms with E-state index in [1.807, 2.05) is 0 Å². The summed E-state index contributed by atoms with van der Waals surface area (Å²) in [5, 5.41) is 10.9. The Balaban J connectivity index is 3.07. The molecular weight excluding hydrogens is 259 g/mol. The summed E-state index contributed by atoms with van der Waals surface area (Å²) >= 11 is 0. The summed E-state index contributed by atoms with van der Waals surface area (Å²) in [6, 6.07) is 3.63. The van der Waals surface area contributed by atoms with E-state index in [0.29, 0.717) is 6.42 Å². The van der Waals surface area contributed by atoms with Gasteiger partial charge in [0.1, 0.15) is 0 Å². The van der Waals surface area contributed by atoms with Crippen molar-refractivity contribution in [3.05, 3.63) is 29.3 Å². The van der Waals surface area contributed by atoms with Gasteiger partial charge in [0.25, 0.3) is 0 Å². The van der Waals surface area contributed by atoms with E-state index >= 15 is 0 Å². The summed E-state index contributed by atoms with van der Waals surface area (Å²) in [5.41, 5.74) is 3.84. The number of benzene rings is 1. The number of amides is 1.